The van der Waals surface area contributed by atoms with Crippen molar-refractivity contribution in [2.45, 2.75) is 26.5 Å². The lowest BCUT2D eigenvalue weighted by Gasteiger charge is -2.27. The number of hydrogen-bond donors (Lipinski definition) is 0. The summed E-state index contributed by atoms with van der Waals surface area (Å²) < 4.78 is 20.0. The molecule has 4 aromatic carbocycles. The van der Waals surface area contributed by atoms with Gasteiger partial charge in [-0.05, 0) is 76.5 Å². The number of nitrogens with zero attached hydrogens (tertiary/aromatic N) is 3. The number of nitriles is 1. The molecule has 0 saturated heterocycles. The van der Waals surface area contributed by atoms with Gasteiger partial charge in [-0.3, -0.25) is 9.36 Å². The number of carbonyl (C=O) groups excluding carboxylic acids is 1. The number of carbonyl (C=O) groups is 1. The second-order valence-corrected chi connectivity index (χ2v) is 12.3. The molecular weight excluding hydrogens is 666 g/mol. The van der Waals surface area contributed by atoms with E-state index in [0.29, 0.717) is 42.1 Å². The van der Waals surface area contributed by atoms with Crippen LogP contribution in [0.4, 0.5) is 0 Å². The minimum atomic E-state index is -0.822. The standard InChI is InChI=1S/C36H28BrN3O5S/c1-4-44-35(42)31-21(2)39-36-40(33(31)32-26-12-8-7-9-23(26)14-16-29(32)43-3)34(41)30(46-36)18-22-13-15-28(27(37)17-22)45-20-25-11-6-5-10-24(25)19-38/h5-18,33H,4,20H2,1-3H3/b30-18+/t33-/m1/s1. The zero-order chi connectivity index (χ0) is 32.4. The Balaban J connectivity index is 1.45. The van der Waals surface area contributed by atoms with Gasteiger partial charge in [-0.2, -0.15) is 5.26 Å². The Hall–Kier alpha value is -4.98. The molecule has 230 valence electrons. The normalized spacial score (nSPS) is 14.4. The predicted octanol–water partition coefficient (Wildman–Crippen LogP) is 6.17. The minimum Gasteiger partial charge on any atom is -0.496 e. The molecular formula is C36H28BrN3O5S. The molecule has 0 bridgehead atoms. The van der Waals surface area contributed by atoms with Crippen molar-refractivity contribution in [1.82, 2.24) is 4.57 Å². The molecule has 1 aromatic heterocycles. The van der Waals surface area contributed by atoms with E-state index in [1.54, 1.807) is 37.7 Å². The van der Waals surface area contributed by atoms with Gasteiger partial charge in [0.15, 0.2) is 4.80 Å². The molecule has 2 heterocycles. The highest BCUT2D eigenvalue weighted by molar-refractivity contribution is 9.10. The van der Waals surface area contributed by atoms with Crippen molar-refractivity contribution in [2.24, 2.45) is 4.99 Å². The van der Waals surface area contributed by atoms with Gasteiger partial charge in [0.2, 0.25) is 0 Å². The average Bonchev–Trinajstić information content (AvgIpc) is 3.36. The van der Waals surface area contributed by atoms with Gasteiger partial charge in [0.25, 0.3) is 5.56 Å². The Morgan fingerprint density at radius 1 is 1.09 bits per heavy atom. The number of rotatable bonds is 8. The highest BCUT2D eigenvalue weighted by Gasteiger charge is 2.36. The predicted molar refractivity (Wildman–Crippen MR) is 181 cm³/mol. The van der Waals surface area contributed by atoms with Crippen molar-refractivity contribution in [3.63, 3.8) is 0 Å². The number of esters is 1. The van der Waals surface area contributed by atoms with Crippen molar-refractivity contribution >= 4 is 50.1 Å². The molecule has 0 unspecified atom stereocenters. The molecule has 1 aliphatic rings. The first-order valence-corrected chi connectivity index (χ1v) is 16.1. The summed E-state index contributed by atoms with van der Waals surface area (Å²) in [7, 11) is 1.57. The topological polar surface area (TPSA) is 103 Å². The van der Waals surface area contributed by atoms with Crippen molar-refractivity contribution in [2.75, 3.05) is 13.7 Å². The molecule has 5 aromatic rings. The number of halogens is 1. The third-order valence-electron chi connectivity index (χ3n) is 7.72. The molecule has 6 rings (SSSR count). The Kier molecular flexibility index (Phi) is 8.88. The second-order valence-electron chi connectivity index (χ2n) is 10.5. The largest absolute Gasteiger partial charge is 0.496 e. The molecule has 8 nitrogen and oxygen atoms in total. The van der Waals surface area contributed by atoms with Crippen LogP contribution in [0.2, 0.25) is 0 Å². The van der Waals surface area contributed by atoms with E-state index in [0.717, 1.165) is 21.9 Å². The van der Waals surface area contributed by atoms with Gasteiger partial charge in [-0.1, -0.05) is 65.9 Å². The zero-order valence-corrected chi connectivity index (χ0v) is 27.6. The first-order valence-electron chi connectivity index (χ1n) is 14.5. The summed E-state index contributed by atoms with van der Waals surface area (Å²) >= 11 is 4.84. The fourth-order valence-corrected chi connectivity index (χ4v) is 7.14. The number of aromatic nitrogens is 1. The van der Waals surface area contributed by atoms with Crippen LogP contribution in [0.25, 0.3) is 16.8 Å². The van der Waals surface area contributed by atoms with Crippen LogP contribution in [0.15, 0.2) is 104 Å². The van der Waals surface area contributed by atoms with E-state index in [1.807, 2.05) is 72.8 Å². The molecule has 1 aliphatic heterocycles. The number of thiazole rings is 1. The number of fused-ring (bicyclic) bond motifs is 2. The SMILES string of the molecule is CCOC(=O)C1=C(C)N=c2s/c(=C/c3ccc(OCc4ccccc4C#N)c(Br)c3)c(=O)n2[C@H]1c1c(OC)ccc2ccccc12. The maximum absolute atomic E-state index is 14.2. The average molecular weight is 695 g/mol. The van der Waals surface area contributed by atoms with Gasteiger partial charge in [-0.15, -0.1) is 0 Å². The second kappa shape index (κ2) is 13.2. The number of benzene rings is 4. The molecule has 0 amide bonds. The maximum atomic E-state index is 14.2. The van der Waals surface area contributed by atoms with E-state index in [2.05, 4.69) is 22.0 Å². The zero-order valence-electron chi connectivity index (χ0n) is 25.2. The molecule has 1 atom stereocenters. The van der Waals surface area contributed by atoms with Gasteiger partial charge in [-0.25, -0.2) is 9.79 Å². The molecule has 0 radical (unpaired) electrons. The summed E-state index contributed by atoms with van der Waals surface area (Å²) in [6.45, 7) is 3.92. The molecule has 46 heavy (non-hydrogen) atoms. The van der Waals surface area contributed by atoms with E-state index in [1.165, 1.54) is 11.3 Å². The molecule has 10 heteroatoms. The van der Waals surface area contributed by atoms with Gasteiger partial charge < -0.3 is 14.2 Å². The fourth-order valence-electron chi connectivity index (χ4n) is 5.59. The maximum Gasteiger partial charge on any atom is 0.338 e. The van der Waals surface area contributed by atoms with Crippen LogP contribution in [-0.4, -0.2) is 24.3 Å². The lowest BCUT2D eigenvalue weighted by atomic mass is 9.90. The Morgan fingerprint density at radius 3 is 2.61 bits per heavy atom. The van der Waals surface area contributed by atoms with Gasteiger partial charge >= 0.3 is 5.97 Å². The van der Waals surface area contributed by atoms with Gasteiger partial charge in [0, 0.05) is 11.1 Å². The van der Waals surface area contributed by atoms with Crippen molar-refractivity contribution < 1.29 is 19.0 Å². The summed E-state index contributed by atoms with van der Waals surface area (Å²) in [6, 6.07) is 25.8. The monoisotopic (exact) mass is 693 g/mol. The summed E-state index contributed by atoms with van der Waals surface area (Å²) in [5.41, 5.74) is 3.28. The number of allylic oxidation sites excluding steroid dienone is 1. The number of ether oxygens (including phenoxy) is 3. The highest BCUT2D eigenvalue weighted by Crippen LogP contribution is 2.40. The summed E-state index contributed by atoms with van der Waals surface area (Å²) in [5, 5.41) is 11.2. The van der Waals surface area contributed by atoms with Crippen LogP contribution in [-0.2, 0) is 16.1 Å². The summed E-state index contributed by atoms with van der Waals surface area (Å²) in [5.74, 6) is 0.616. The third kappa shape index (κ3) is 5.75. The van der Waals surface area contributed by atoms with Crippen molar-refractivity contribution in [3.05, 3.63) is 137 Å². The van der Waals surface area contributed by atoms with Crippen LogP contribution < -0.4 is 24.4 Å². The van der Waals surface area contributed by atoms with Gasteiger partial charge in [0.1, 0.15) is 24.1 Å². The third-order valence-corrected chi connectivity index (χ3v) is 9.32. The van der Waals surface area contributed by atoms with Crippen LogP contribution in [0.3, 0.4) is 0 Å². The molecule has 0 spiro atoms. The van der Waals surface area contributed by atoms with E-state index in [-0.39, 0.29) is 24.3 Å². The van der Waals surface area contributed by atoms with E-state index in [4.69, 9.17) is 19.2 Å². The van der Waals surface area contributed by atoms with Crippen LogP contribution in [0, 0.1) is 11.3 Å². The fraction of sp³-hybridized carbons (Fsp3) is 0.167. The lowest BCUT2D eigenvalue weighted by Crippen LogP contribution is -2.40. The van der Waals surface area contributed by atoms with Gasteiger partial charge in [0.05, 0.1) is 45.6 Å². The number of methoxy groups -OCH3 is 1. The Labute approximate surface area is 277 Å². The molecule has 0 N–H and O–H groups in total. The number of hydrogen-bond acceptors (Lipinski definition) is 8. The van der Waals surface area contributed by atoms with Crippen LogP contribution in [0.5, 0.6) is 11.5 Å². The Bertz CT molecular complexity index is 2260. The lowest BCUT2D eigenvalue weighted by molar-refractivity contribution is -0.139. The summed E-state index contributed by atoms with van der Waals surface area (Å²) in [6.07, 6.45) is 1.80. The molecule has 0 aliphatic carbocycles. The highest BCUT2D eigenvalue weighted by atomic mass is 79.9. The first-order chi connectivity index (χ1) is 22.3. The minimum absolute atomic E-state index is 0.179. The van der Waals surface area contributed by atoms with E-state index in [9.17, 15) is 14.9 Å². The quantitative estimate of drug-likeness (QED) is 0.180. The van der Waals surface area contributed by atoms with Crippen molar-refractivity contribution in [3.8, 4) is 17.6 Å². The molecule has 0 fully saturated rings. The van der Waals surface area contributed by atoms with Crippen molar-refractivity contribution in [1.29, 1.82) is 5.26 Å². The molecule has 0 saturated carbocycles. The van der Waals surface area contributed by atoms with E-state index >= 15 is 0 Å². The van der Waals surface area contributed by atoms with E-state index < -0.39 is 12.0 Å². The first kappa shape index (κ1) is 31.0. The Morgan fingerprint density at radius 2 is 1.85 bits per heavy atom. The smallest absolute Gasteiger partial charge is 0.338 e. The summed E-state index contributed by atoms with van der Waals surface area (Å²) in [4.78, 5) is 32.9. The van der Waals surface area contributed by atoms with Crippen LogP contribution >= 0.6 is 27.3 Å². The van der Waals surface area contributed by atoms with Crippen LogP contribution in [0.1, 0.15) is 42.1 Å².